The SMILES string of the molecule is CC(=O)O[C@@H]1C=C([C@@H]2CC(=O)[C@H]3[C@@]2(C)CC[C@H]2[C@@]3(C)[C@H](OC(C)=O)CC3C(C)(C)C(=O)C=C[C@@]32C)C(=O)O1. The lowest BCUT2D eigenvalue weighted by atomic mass is 9.37. The number of carbonyl (C=O) groups excluding carboxylic acids is 5. The lowest BCUT2D eigenvalue weighted by molar-refractivity contribution is -0.222. The van der Waals surface area contributed by atoms with E-state index >= 15 is 0 Å². The van der Waals surface area contributed by atoms with Crippen LogP contribution in [-0.4, -0.2) is 41.9 Å². The first-order valence-corrected chi connectivity index (χ1v) is 13.6. The summed E-state index contributed by atoms with van der Waals surface area (Å²) in [4.78, 5) is 63.7. The third-order valence-electron chi connectivity index (χ3n) is 11.0. The van der Waals surface area contributed by atoms with Gasteiger partial charge in [0.05, 0.1) is 0 Å². The predicted octanol–water partition coefficient (Wildman–Crippen LogP) is 4.11. The largest absolute Gasteiger partial charge is 0.462 e. The lowest BCUT2D eigenvalue weighted by Crippen LogP contribution is -2.67. The van der Waals surface area contributed by atoms with Gasteiger partial charge in [-0.1, -0.05) is 40.7 Å². The number of carbonyl (C=O) groups is 5. The van der Waals surface area contributed by atoms with Crippen LogP contribution >= 0.6 is 0 Å². The maximum Gasteiger partial charge on any atom is 0.337 e. The fraction of sp³-hybridized carbons (Fsp3) is 0.700. The van der Waals surface area contributed by atoms with E-state index in [-0.39, 0.29) is 35.2 Å². The number of rotatable bonds is 3. The van der Waals surface area contributed by atoms with Crippen molar-refractivity contribution in [3.05, 3.63) is 23.8 Å². The van der Waals surface area contributed by atoms with Gasteiger partial charge in [-0.05, 0) is 48.0 Å². The highest BCUT2D eigenvalue weighted by molar-refractivity contribution is 5.96. The Morgan fingerprint density at radius 1 is 0.974 bits per heavy atom. The van der Waals surface area contributed by atoms with Crippen LogP contribution in [0.4, 0.5) is 0 Å². The van der Waals surface area contributed by atoms with E-state index in [1.807, 2.05) is 19.9 Å². The van der Waals surface area contributed by atoms with Crippen molar-refractivity contribution in [2.24, 2.45) is 45.3 Å². The van der Waals surface area contributed by atoms with E-state index < -0.39 is 58.4 Å². The molecule has 5 rings (SSSR count). The molecule has 8 heteroatoms. The van der Waals surface area contributed by atoms with E-state index in [4.69, 9.17) is 14.2 Å². The first-order valence-electron chi connectivity index (χ1n) is 13.6. The number of cyclic esters (lactones) is 1. The molecule has 0 saturated heterocycles. The maximum atomic E-state index is 14.0. The van der Waals surface area contributed by atoms with Gasteiger partial charge in [0.15, 0.2) is 5.78 Å². The van der Waals surface area contributed by atoms with Crippen molar-refractivity contribution in [1.29, 1.82) is 0 Å². The van der Waals surface area contributed by atoms with Gasteiger partial charge in [-0.25, -0.2) is 4.79 Å². The third-order valence-corrected chi connectivity index (χ3v) is 11.0. The maximum absolute atomic E-state index is 14.0. The van der Waals surface area contributed by atoms with Gasteiger partial charge in [0.1, 0.15) is 11.9 Å². The van der Waals surface area contributed by atoms with Gasteiger partial charge >= 0.3 is 17.9 Å². The van der Waals surface area contributed by atoms with Gasteiger partial charge in [0, 0.05) is 54.6 Å². The average Bonchev–Trinajstić information content (AvgIpc) is 3.28. The summed E-state index contributed by atoms with van der Waals surface area (Å²) >= 11 is 0. The number of ether oxygens (including phenoxy) is 3. The van der Waals surface area contributed by atoms with Crippen LogP contribution in [0.3, 0.4) is 0 Å². The van der Waals surface area contributed by atoms with Gasteiger partial charge in [-0.15, -0.1) is 0 Å². The highest BCUT2D eigenvalue weighted by Gasteiger charge is 2.73. The molecule has 0 aromatic heterocycles. The summed E-state index contributed by atoms with van der Waals surface area (Å²) in [5, 5.41) is 0. The molecule has 206 valence electrons. The zero-order valence-corrected chi connectivity index (χ0v) is 23.3. The minimum atomic E-state index is -1.09. The van der Waals surface area contributed by atoms with Crippen molar-refractivity contribution in [3.63, 3.8) is 0 Å². The van der Waals surface area contributed by atoms with Crippen molar-refractivity contribution >= 4 is 29.5 Å². The minimum Gasteiger partial charge on any atom is -0.462 e. The molecule has 0 amide bonds. The van der Waals surface area contributed by atoms with Crippen LogP contribution < -0.4 is 0 Å². The first-order chi connectivity index (χ1) is 17.6. The molecule has 0 radical (unpaired) electrons. The van der Waals surface area contributed by atoms with E-state index in [9.17, 15) is 24.0 Å². The van der Waals surface area contributed by atoms with E-state index in [1.54, 1.807) is 6.08 Å². The summed E-state index contributed by atoms with van der Waals surface area (Å²) in [7, 11) is 0. The molecule has 3 saturated carbocycles. The Kier molecular flexibility index (Phi) is 5.90. The number of hydrogen-bond acceptors (Lipinski definition) is 8. The highest BCUT2D eigenvalue weighted by atomic mass is 16.7. The van der Waals surface area contributed by atoms with E-state index in [0.717, 1.165) is 6.42 Å². The number of fused-ring (bicyclic) bond motifs is 5. The zero-order chi connectivity index (χ0) is 28.0. The standard InChI is InChI=1S/C30H38O8/c1-15(31)36-23-14-21-27(3,4)22(34)9-11-29(21,6)20-8-10-28(5)18(13-19(33)25(28)30(20,23)7)17-12-24(37-16(2)32)38-26(17)35/h9,11-12,18,20-21,23-25H,8,10,13-14H2,1-7H3/t18-,20+,21?,23+,24-,25-,28-,29+,30-/m0/s1. The van der Waals surface area contributed by atoms with Crippen molar-refractivity contribution < 1.29 is 38.2 Å². The van der Waals surface area contributed by atoms with Crippen LogP contribution in [0, 0.1) is 45.3 Å². The van der Waals surface area contributed by atoms with Gasteiger partial charge in [-0.3, -0.25) is 19.2 Å². The number of Topliss-reactive ketones (excluding diaryl/α,β-unsaturated/α-hetero) is 1. The summed E-state index contributed by atoms with van der Waals surface area (Å²) < 4.78 is 16.4. The van der Waals surface area contributed by atoms with E-state index in [0.29, 0.717) is 18.4 Å². The zero-order valence-electron chi connectivity index (χ0n) is 23.3. The molecule has 0 aromatic carbocycles. The second-order valence-corrected chi connectivity index (χ2v) is 13.3. The Labute approximate surface area is 223 Å². The van der Waals surface area contributed by atoms with E-state index in [1.165, 1.54) is 19.9 Å². The summed E-state index contributed by atoms with van der Waals surface area (Å²) in [6.45, 7) is 12.9. The summed E-state index contributed by atoms with van der Waals surface area (Å²) in [6, 6.07) is 0. The van der Waals surface area contributed by atoms with Crippen LogP contribution in [0.1, 0.15) is 74.1 Å². The summed E-state index contributed by atoms with van der Waals surface area (Å²) in [6.07, 6.45) is 5.73. The topological polar surface area (TPSA) is 113 Å². The average molecular weight is 527 g/mol. The van der Waals surface area contributed by atoms with Gasteiger partial charge < -0.3 is 14.2 Å². The second-order valence-electron chi connectivity index (χ2n) is 13.3. The normalized spacial score (nSPS) is 44.9. The van der Waals surface area contributed by atoms with Crippen molar-refractivity contribution in [3.8, 4) is 0 Å². The summed E-state index contributed by atoms with van der Waals surface area (Å²) in [5.41, 5.74) is -1.89. The van der Waals surface area contributed by atoms with Crippen LogP contribution in [0.5, 0.6) is 0 Å². The molecule has 0 N–H and O–H groups in total. The monoisotopic (exact) mass is 526 g/mol. The van der Waals surface area contributed by atoms with Crippen molar-refractivity contribution in [2.75, 3.05) is 0 Å². The van der Waals surface area contributed by atoms with Crippen LogP contribution in [0.15, 0.2) is 23.8 Å². The molecule has 0 aromatic rings. The number of esters is 3. The Hall–Kier alpha value is -2.77. The molecule has 1 unspecified atom stereocenters. The number of ketones is 2. The molecule has 38 heavy (non-hydrogen) atoms. The Morgan fingerprint density at radius 2 is 1.63 bits per heavy atom. The van der Waals surface area contributed by atoms with Gasteiger partial charge in [0.25, 0.3) is 6.29 Å². The Morgan fingerprint density at radius 3 is 2.26 bits per heavy atom. The molecule has 3 fully saturated rings. The Bertz CT molecular complexity index is 1190. The molecule has 1 aliphatic heterocycles. The minimum absolute atomic E-state index is 0.0131. The van der Waals surface area contributed by atoms with Gasteiger partial charge in [0.2, 0.25) is 0 Å². The fourth-order valence-corrected chi connectivity index (χ4v) is 9.51. The van der Waals surface area contributed by atoms with Crippen LogP contribution in [0.2, 0.25) is 0 Å². The lowest BCUT2D eigenvalue weighted by Gasteiger charge is -2.67. The highest BCUT2D eigenvalue weighted by Crippen LogP contribution is 2.73. The van der Waals surface area contributed by atoms with Crippen LogP contribution in [0.25, 0.3) is 0 Å². The van der Waals surface area contributed by atoms with Crippen molar-refractivity contribution in [2.45, 2.75) is 86.5 Å². The van der Waals surface area contributed by atoms with E-state index in [2.05, 4.69) is 20.8 Å². The second kappa shape index (κ2) is 8.36. The number of hydrogen-bond donors (Lipinski definition) is 0. The molecule has 1 heterocycles. The van der Waals surface area contributed by atoms with Crippen molar-refractivity contribution in [1.82, 2.24) is 0 Å². The predicted molar refractivity (Wildman–Crippen MR) is 135 cm³/mol. The third kappa shape index (κ3) is 3.51. The quantitative estimate of drug-likeness (QED) is 0.505. The molecular formula is C30H38O8. The molecule has 0 spiro atoms. The fourth-order valence-electron chi connectivity index (χ4n) is 9.51. The number of allylic oxidation sites excluding steroid dienone is 2. The molecule has 9 atom stereocenters. The molecule has 5 aliphatic rings. The first kappa shape index (κ1) is 26.8. The van der Waals surface area contributed by atoms with Gasteiger partial charge in [-0.2, -0.15) is 0 Å². The summed E-state index contributed by atoms with van der Waals surface area (Å²) in [5.74, 6) is -2.34. The molecule has 4 aliphatic carbocycles. The molecule has 0 bridgehead atoms. The van der Waals surface area contributed by atoms with Crippen LogP contribution in [-0.2, 0) is 38.2 Å². The molecular weight excluding hydrogens is 488 g/mol. The Balaban J connectivity index is 1.60. The smallest absolute Gasteiger partial charge is 0.337 e. The molecule has 8 nitrogen and oxygen atoms in total.